The van der Waals surface area contributed by atoms with E-state index in [1.54, 1.807) is 0 Å². The molecular formula is C8H13F3N2O. The average molecular weight is 210 g/mol. The summed E-state index contributed by atoms with van der Waals surface area (Å²) in [4.78, 5) is 13.7. The van der Waals surface area contributed by atoms with Crippen LogP contribution in [0.2, 0.25) is 0 Å². The number of rotatable bonds is 4. The summed E-state index contributed by atoms with van der Waals surface area (Å²) in [5, 5.41) is 0. The van der Waals surface area contributed by atoms with E-state index >= 15 is 0 Å². The maximum atomic E-state index is 12.3. The van der Waals surface area contributed by atoms with Crippen LogP contribution >= 0.6 is 0 Å². The van der Waals surface area contributed by atoms with E-state index in [9.17, 15) is 18.0 Å². The van der Waals surface area contributed by atoms with E-state index in [1.165, 1.54) is 0 Å². The molecule has 0 aromatic rings. The van der Waals surface area contributed by atoms with Gasteiger partial charge in [-0.3, -0.25) is 9.79 Å². The second-order valence-electron chi connectivity index (χ2n) is 3.58. The number of primary amides is 1. The molecule has 1 amide bonds. The molecule has 0 aliphatic carbocycles. The molecule has 0 saturated carbocycles. The summed E-state index contributed by atoms with van der Waals surface area (Å²) in [5.41, 5.74) is 2.93. The van der Waals surface area contributed by atoms with Crippen LogP contribution in [0.3, 0.4) is 0 Å². The van der Waals surface area contributed by atoms with Crippen molar-refractivity contribution >= 4 is 12.1 Å². The summed E-state index contributed by atoms with van der Waals surface area (Å²) in [6, 6.07) is 0. The summed E-state index contributed by atoms with van der Waals surface area (Å²) < 4.78 is 36.8. The zero-order chi connectivity index (χ0) is 11.4. The number of carbonyl (C=O) groups is 1. The summed E-state index contributed by atoms with van der Waals surface area (Å²) in [6.45, 7) is 1.88. The van der Waals surface area contributed by atoms with Crippen molar-refractivity contribution in [3.63, 3.8) is 0 Å². The van der Waals surface area contributed by atoms with Crippen LogP contribution in [-0.2, 0) is 4.79 Å². The van der Waals surface area contributed by atoms with Gasteiger partial charge in [-0.15, -0.1) is 0 Å². The number of nitrogens with two attached hydrogens (primary N) is 1. The maximum Gasteiger partial charge on any atom is 0.394 e. The van der Waals surface area contributed by atoms with Crippen molar-refractivity contribution in [2.24, 2.45) is 16.1 Å². The van der Waals surface area contributed by atoms with Gasteiger partial charge in [0.25, 0.3) is 0 Å². The Kier molecular flexibility index (Phi) is 4.09. The number of amides is 1. The van der Waals surface area contributed by atoms with Crippen molar-refractivity contribution in [1.29, 1.82) is 0 Å². The van der Waals surface area contributed by atoms with Crippen LogP contribution in [0.4, 0.5) is 13.2 Å². The SMILES string of the molecule is CC(C)(CC=NCC(N)=O)C(F)(F)F. The van der Waals surface area contributed by atoms with Crippen molar-refractivity contribution in [2.45, 2.75) is 26.4 Å². The highest BCUT2D eigenvalue weighted by Crippen LogP contribution is 2.39. The highest BCUT2D eigenvalue weighted by atomic mass is 19.4. The van der Waals surface area contributed by atoms with Gasteiger partial charge >= 0.3 is 6.18 Å². The first kappa shape index (κ1) is 12.9. The molecule has 0 aromatic heterocycles. The fourth-order valence-corrected chi connectivity index (χ4v) is 0.563. The largest absolute Gasteiger partial charge is 0.394 e. The van der Waals surface area contributed by atoms with Crippen molar-refractivity contribution in [3.8, 4) is 0 Å². The van der Waals surface area contributed by atoms with Crippen LogP contribution in [0, 0.1) is 5.41 Å². The molecule has 0 aliphatic rings. The molecule has 0 unspecified atom stereocenters. The average Bonchev–Trinajstić information content (AvgIpc) is 1.95. The quantitative estimate of drug-likeness (QED) is 0.703. The predicted molar refractivity (Wildman–Crippen MR) is 47.0 cm³/mol. The van der Waals surface area contributed by atoms with E-state index in [2.05, 4.69) is 4.99 Å². The molecule has 14 heavy (non-hydrogen) atoms. The molecule has 0 heterocycles. The molecule has 3 nitrogen and oxygen atoms in total. The third-order valence-electron chi connectivity index (χ3n) is 1.75. The number of hydrogen-bond acceptors (Lipinski definition) is 2. The number of nitrogens with zero attached hydrogens (tertiary/aromatic N) is 1. The van der Waals surface area contributed by atoms with Crippen molar-refractivity contribution in [1.82, 2.24) is 0 Å². The molecule has 0 saturated heterocycles. The van der Waals surface area contributed by atoms with Gasteiger partial charge in [-0.1, -0.05) is 13.8 Å². The minimum atomic E-state index is -4.27. The second kappa shape index (κ2) is 4.43. The Balaban J connectivity index is 4.12. The molecule has 2 N–H and O–H groups in total. The van der Waals surface area contributed by atoms with Gasteiger partial charge < -0.3 is 5.73 Å². The van der Waals surface area contributed by atoms with E-state index in [1.807, 2.05) is 0 Å². The first-order valence-electron chi connectivity index (χ1n) is 4.00. The Bertz CT molecular complexity index is 233. The molecule has 0 bridgehead atoms. The lowest BCUT2D eigenvalue weighted by Gasteiger charge is -2.25. The Morgan fingerprint density at radius 1 is 1.43 bits per heavy atom. The van der Waals surface area contributed by atoms with Crippen molar-refractivity contribution < 1.29 is 18.0 Å². The minimum Gasteiger partial charge on any atom is -0.368 e. The number of alkyl halides is 3. The highest BCUT2D eigenvalue weighted by Gasteiger charge is 2.46. The molecule has 0 aliphatic heterocycles. The molecule has 6 heteroatoms. The zero-order valence-electron chi connectivity index (χ0n) is 8.06. The maximum absolute atomic E-state index is 12.3. The fourth-order valence-electron chi connectivity index (χ4n) is 0.563. The molecule has 0 rings (SSSR count). The van der Waals surface area contributed by atoms with Crippen molar-refractivity contribution in [2.75, 3.05) is 6.54 Å². The van der Waals surface area contributed by atoms with Gasteiger partial charge in [0.1, 0.15) is 6.54 Å². The summed E-state index contributed by atoms with van der Waals surface area (Å²) in [7, 11) is 0. The second-order valence-corrected chi connectivity index (χ2v) is 3.58. The van der Waals surface area contributed by atoms with Gasteiger partial charge in [0, 0.05) is 6.21 Å². The normalized spacial score (nSPS) is 13.5. The molecule has 0 atom stereocenters. The van der Waals surface area contributed by atoms with Crippen LogP contribution in [0.25, 0.3) is 0 Å². The number of aliphatic imine (C=N–C) groups is 1. The lowest BCUT2D eigenvalue weighted by molar-refractivity contribution is -0.208. The van der Waals surface area contributed by atoms with Crippen LogP contribution < -0.4 is 5.73 Å². The topological polar surface area (TPSA) is 55.4 Å². The molecule has 0 aromatic carbocycles. The summed E-state index contributed by atoms with van der Waals surface area (Å²) in [5.74, 6) is -0.661. The highest BCUT2D eigenvalue weighted by molar-refractivity contribution is 5.77. The summed E-state index contributed by atoms with van der Waals surface area (Å²) in [6.07, 6.45) is -3.45. The minimum absolute atomic E-state index is 0.260. The van der Waals surface area contributed by atoms with Crippen LogP contribution in [0.1, 0.15) is 20.3 Å². The third kappa shape index (κ3) is 4.25. The molecule has 82 valence electrons. The van der Waals surface area contributed by atoms with E-state index in [4.69, 9.17) is 5.73 Å². The predicted octanol–water partition coefficient (Wildman–Crippen LogP) is 1.52. The van der Waals surface area contributed by atoms with Crippen LogP contribution in [-0.4, -0.2) is 24.8 Å². The van der Waals surface area contributed by atoms with E-state index in [0.29, 0.717) is 0 Å². The lowest BCUT2D eigenvalue weighted by Crippen LogP contribution is -2.32. The van der Waals surface area contributed by atoms with Crippen molar-refractivity contribution in [3.05, 3.63) is 0 Å². The van der Waals surface area contributed by atoms with Crippen LogP contribution in [0.5, 0.6) is 0 Å². The van der Waals surface area contributed by atoms with E-state index in [0.717, 1.165) is 20.1 Å². The van der Waals surface area contributed by atoms with Gasteiger partial charge in [-0.05, 0) is 6.42 Å². The molecule has 0 radical (unpaired) electrons. The van der Waals surface area contributed by atoms with Gasteiger partial charge in [-0.2, -0.15) is 13.2 Å². The van der Waals surface area contributed by atoms with E-state index in [-0.39, 0.29) is 13.0 Å². The van der Waals surface area contributed by atoms with Gasteiger partial charge in [0.05, 0.1) is 5.41 Å². The Morgan fingerprint density at radius 2 is 1.93 bits per heavy atom. The van der Waals surface area contributed by atoms with Gasteiger partial charge in [0.15, 0.2) is 0 Å². The monoisotopic (exact) mass is 210 g/mol. The molecular weight excluding hydrogens is 197 g/mol. The van der Waals surface area contributed by atoms with Gasteiger partial charge in [0.2, 0.25) is 5.91 Å². The lowest BCUT2D eigenvalue weighted by atomic mass is 9.89. The third-order valence-corrected chi connectivity index (χ3v) is 1.75. The fraction of sp³-hybridized carbons (Fsp3) is 0.750. The van der Waals surface area contributed by atoms with Gasteiger partial charge in [-0.25, -0.2) is 0 Å². The number of hydrogen-bond donors (Lipinski definition) is 1. The number of carbonyl (C=O) groups excluding carboxylic acids is 1. The Morgan fingerprint density at radius 3 is 2.29 bits per heavy atom. The first-order valence-corrected chi connectivity index (χ1v) is 4.00. The zero-order valence-corrected chi connectivity index (χ0v) is 8.06. The number of halogens is 3. The standard InChI is InChI=1S/C8H13F3N2O/c1-7(2,8(9,10)11)3-4-13-5-6(12)14/h4H,3,5H2,1-2H3,(H2,12,14). The summed E-state index contributed by atoms with van der Waals surface area (Å²) >= 11 is 0. The molecule has 0 fully saturated rings. The van der Waals surface area contributed by atoms with E-state index < -0.39 is 17.5 Å². The first-order chi connectivity index (χ1) is 6.17. The smallest absolute Gasteiger partial charge is 0.368 e. The Hall–Kier alpha value is -1.07. The van der Waals surface area contributed by atoms with Crippen LogP contribution in [0.15, 0.2) is 4.99 Å². The Labute approximate surface area is 80.2 Å². The molecule has 0 spiro atoms.